The number of hydrogen-bond donors (Lipinski definition) is 1. The van der Waals surface area contributed by atoms with E-state index < -0.39 is 0 Å². The molecule has 1 N–H and O–H groups in total. The van der Waals surface area contributed by atoms with Crippen molar-refractivity contribution in [2.24, 2.45) is 0 Å². The van der Waals surface area contributed by atoms with Crippen molar-refractivity contribution in [3.63, 3.8) is 0 Å². The molecule has 106 valence electrons. The van der Waals surface area contributed by atoms with Crippen LogP contribution < -0.4 is 5.56 Å². The van der Waals surface area contributed by atoms with Crippen LogP contribution in [0.15, 0.2) is 53.3 Å². The molecule has 21 heavy (non-hydrogen) atoms. The lowest BCUT2D eigenvalue weighted by Crippen LogP contribution is -2.22. The molecule has 0 bridgehead atoms. The Balaban J connectivity index is 2.07. The number of aromatic amines is 1. The summed E-state index contributed by atoms with van der Waals surface area (Å²) in [6.07, 6.45) is 1.01. The standard InChI is InChI=1S/C17H16N2OS/c1-2-12-7-9-13(10-8-12)11-19-16(20)14-5-3-4-6-15(14)18-17(19)21/h3-10H,2,11H2,1H3,(H,18,21). The molecule has 1 heterocycles. The van der Waals surface area contributed by atoms with Gasteiger partial charge < -0.3 is 4.98 Å². The smallest absolute Gasteiger partial charge is 0.262 e. The molecular formula is C17H16N2OS. The number of aryl methyl sites for hydroxylation is 1. The van der Waals surface area contributed by atoms with Gasteiger partial charge in [-0.2, -0.15) is 0 Å². The summed E-state index contributed by atoms with van der Waals surface area (Å²) in [5.41, 5.74) is 3.10. The van der Waals surface area contributed by atoms with E-state index in [1.54, 1.807) is 4.57 Å². The van der Waals surface area contributed by atoms with Crippen LogP contribution in [0.3, 0.4) is 0 Å². The van der Waals surface area contributed by atoms with Gasteiger partial charge in [-0.3, -0.25) is 9.36 Å². The van der Waals surface area contributed by atoms with Crippen LogP contribution in [0.4, 0.5) is 0 Å². The Kier molecular flexibility index (Phi) is 3.71. The van der Waals surface area contributed by atoms with E-state index in [0.29, 0.717) is 16.7 Å². The van der Waals surface area contributed by atoms with Gasteiger partial charge in [-0.05, 0) is 41.9 Å². The third-order valence-electron chi connectivity index (χ3n) is 3.66. The van der Waals surface area contributed by atoms with Gasteiger partial charge in [0.25, 0.3) is 5.56 Å². The van der Waals surface area contributed by atoms with E-state index in [1.165, 1.54) is 5.56 Å². The van der Waals surface area contributed by atoms with Gasteiger partial charge in [0.05, 0.1) is 17.4 Å². The average Bonchev–Trinajstić information content (AvgIpc) is 2.52. The summed E-state index contributed by atoms with van der Waals surface area (Å²) in [5.74, 6) is 0. The summed E-state index contributed by atoms with van der Waals surface area (Å²) in [6.45, 7) is 2.61. The quantitative estimate of drug-likeness (QED) is 0.749. The van der Waals surface area contributed by atoms with Crippen molar-refractivity contribution in [3.8, 4) is 0 Å². The number of nitrogens with zero attached hydrogens (tertiary/aromatic N) is 1. The first kappa shape index (κ1) is 13.8. The number of H-pyrrole nitrogens is 1. The van der Waals surface area contributed by atoms with Crippen LogP contribution >= 0.6 is 12.2 Å². The van der Waals surface area contributed by atoms with Gasteiger partial charge in [0.15, 0.2) is 4.77 Å². The monoisotopic (exact) mass is 296 g/mol. The molecular weight excluding hydrogens is 280 g/mol. The Labute approximate surface area is 127 Å². The SMILES string of the molecule is CCc1ccc(Cn2c(=S)[nH]c3ccccc3c2=O)cc1. The Morgan fingerprint density at radius 3 is 2.43 bits per heavy atom. The second-order valence-electron chi connectivity index (χ2n) is 5.04. The van der Waals surface area contributed by atoms with Gasteiger partial charge in [-0.15, -0.1) is 0 Å². The average molecular weight is 296 g/mol. The summed E-state index contributed by atoms with van der Waals surface area (Å²) in [7, 11) is 0. The van der Waals surface area contributed by atoms with Gasteiger partial charge in [0.2, 0.25) is 0 Å². The molecule has 0 aliphatic carbocycles. The zero-order valence-electron chi connectivity index (χ0n) is 11.8. The maximum atomic E-state index is 12.6. The van der Waals surface area contributed by atoms with Crippen LogP contribution in [0.25, 0.3) is 10.9 Å². The highest BCUT2D eigenvalue weighted by molar-refractivity contribution is 7.71. The molecule has 0 saturated heterocycles. The van der Waals surface area contributed by atoms with Crippen molar-refractivity contribution in [3.05, 3.63) is 74.8 Å². The van der Waals surface area contributed by atoms with E-state index in [4.69, 9.17) is 12.2 Å². The van der Waals surface area contributed by atoms with Crippen molar-refractivity contribution in [1.82, 2.24) is 9.55 Å². The van der Waals surface area contributed by atoms with Crippen molar-refractivity contribution >= 4 is 23.1 Å². The van der Waals surface area contributed by atoms with Gasteiger partial charge >= 0.3 is 0 Å². The molecule has 4 heteroatoms. The van der Waals surface area contributed by atoms with Gasteiger partial charge in [0.1, 0.15) is 0 Å². The summed E-state index contributed by atoms with van der Waals surface area (Å²) < 4.78 is 2.07. The second kappa shape index (κ2) is 5.66. The van der Waals surface area contributed by atoms with Gasteiger partial charge in [-0.1, -0.05) is 43.3 Å². The molecule has 0 atom stereocenters. The number of rotatable bonds is 3. The fraction of sp³-hybridized carbons (Fsp3) is 0.176. The van der Waals surface area contributed by atoms with Crippen molar-refractivity contribution in [2.45, 2.75) is 19.9 Å². The van der Waals surface area contributed by atoms with Crippen LogP contribution in [0.5, 0.6) is 0 Å². The minimum Gasteiger partial charge on any atom is -0.332 e. The summed E-state index contributed by atoms with van der Waals surface area (Å²) in [5, 5.41) is 0.663. The molecule has 3 nitrogen and oxygen atoms in total. The first-order valence-corrected chi connectivity index (χ1v) is 7.39. The minimum absolute atomic E-state index is 0.0473. The van der Waals surface area contributed by atoms with Gasteiger partial charge in [-0.25, -0.2) is 0 Å². The third kappa shape index (κ3) is 2.67. The summed E-state index contributed by atoms with van der Waals surface area (Å²) >= 11 is 5.32. The predicted octanol–water partition coefficient (Wildman–Crippen LogP) is 3.67. The number of fused-ring (bicyclic) bond motifs is 1. The minimum atomic E-state index is -0.0473. The molecule has 0 unspecified atom stereocenters. The van der Waals surface area contributed by atoms with E-state index in [0.717, 1.165) is 17.5 Å². The topological polar surface area (TPSA) is 37.8 Å². The number of aromatic nitrogens is 2. The zero-order chi connectivity index (χ0) is 14.8. The number of benzene rings is 2. The molecule has 0 radical (unpaired) electrons. The van der Waals surface area contributed by atoms with E-state index >= 15 is 0 Å². The predicted molar refractivity (Wildman–Crippen MR) is 88.3 cm³/mol. The lowest BCUT2D eigenvalue weighted by atomic mass is 10.1. The van der Waals surface area contributed by atoms with Crippen molar-refractivity contribution in [2.75, 3.05) is 0 Å². The molecule has 0 amide bonds. The molecule has 0 fully saturated rings. The van der Waals surface area contributed by atoms with E-state index in [9.17, 15) is 4.79 Å². The Bertz CT molecular complexity index is 891. The van der Waals surface area contributed by atoms with Crippen LogP contribution in [0.2, 0.25) is 0 Å². The summed E-state index contributed by atoms with van der Waals surface area (Å²) in [4.78, 5) is 15.7. The molecule has 0 aliphatic heterocycles. The van der Waals surface area contributed by atoms with Gasteiger partial charge in [0, 0.05) is 0 Å². The first-order valence-electron chi connectivity index (χ1n) is 6.98. The maximum absolute atomic E-state index is 12.6. The fourth-order valence-corrected chi connectivity index (χ4v) is 2.66. The second-order valence-corrected chi connectivity index (χ2v) is 5.42. The molecule has 1 aromatic heterocycles. The lowest BCUT2D eigenvalue weighted by molar-refractivity contribution is 0.734. The summed E-state index contributed by atoms with van der Waals surface area (Å²) in [6, 6.07) is 15.7. The molecule has 2 aromatic carbocycles. The Hall–Kier alpha value is -2.20. The highest BCUT2D eigenvalue weighted by Crippen LogP contribution is 2.09. The van der Waals surface area contributed by atoms with Crippen LogP contribution in [-0.4, -0.2) is 9.55 Å². The van der Waals surface area contributed by atoms with Crippen molar-refractivity contribution < 1.29 is 0 Å². The number of hydrogen-bond acceptors (Lipinski definition) is 2. The Morgan fingerprint density at radius 1 is 1.05 bits per heavy atom. The lowest BCUT2D eigenvalue weighted by Gasteiger charge is -2.08. The molecule has 0 saturated carbocycles. The Morgan fingerprint density at radius 2 is 1.71 bits per heavy atom. The normalized spacial score (nSPS) is 10.9. The largest absolute Gasteiger partial charge is 0.332 e. The first-order chi connectivity index (χ1) is 10.2. The molecule has 3 aromatic rings. The highest BCUT2D eigenvalue weighted by Gasteiger charge is 2.05. The van der Waals surface area contributed by atoms with E-state index in [1.807, 2.05) is 24.3 Å². The maximum Gasteiger partial charge on any atom is 0.262 e. The van der Waals surface area contributed by atoms with Crippen LogP contribution in [0, 0.1) is 4.77 Å². The molecule has 0 spiro atoms. The molecule has 3 rings (SSSR count). The highest BCUT2D eigenvalue weighted by atomic mass is 32.1. The van der Waals surface area contributed by atoms with E-state index in [-0.39, 0.29) is 5.56 Å². The zero-order valence-corrected chi connectivity index (χ0v) is 12.6. The fourth-order valence-electron chi connectivity index (χ4n) is 2.41. The number of nitrogens with one attached hydrogen (secondary N) is 1. The third-order valence-corrected chi connectivity index (χ3v) is 3.98. The molecule has 0 aliphatic rings. The van der Waals surface area contributed by atoms with Crippen LogP contribution in [-0.2, 0) is 13.0 Å². The van der Waals surface area contributed by atoms with E-state index in [2.05, 4.69) is 36.2 Å². The van der Waals surface area contributed by atoms with Crippen molar-refractivity contribution in [1.29, 1.82) is 0 Å². The van der Waals surface area contributed by atoms with Crippen LogP contribution in [0.1, 0.15) is 18.1 Å². The number of para-hydroxylation sites is 1.